The molecule has 11 heteroatoms. The van der Waals surface area contributed by atoms with Gasteiger partial charge >= 0.3 is 11.9 Å². The van der Waals surface area contributed by atoms with Gasteiger partial charge in [0.1, 0.15) is 30.0 Å². The number of halogens is 3. The van der Waals surface area contributed by atoms with Crippen LogP contribution in [0.5, 0.6) is 17.4 Å². The van der Waals surface area contributed by atoms with E-state index in [1.54, 1.807) is 16.7 Å². The molecule has 0 saturated carbocycles. The molecule has 0 radical (unpaired) electrons. The molecule has 0 spiro atoms. The smallest absolute Gasteiger partial charge is 0.418 e. The van der Waals surface area contributed by atoms with Crippen LogP contribution >= 0.6 is 0 Å². The van der Waals surface area contributed by atoms with Gasteiger partial charge in [-0.25, -0.2) is 4.79 Å². The fourth-order valence-electron chi connectivity index (χ4n) is 3.38. The Morgan fingerprint density at radius 3 is 2.76 bits per heavy atom. The summed E-state index contributed by atoms with van der Waals surface area (Å²) in [6.45, 7) is 2.57. The zero-order valence-corrected chi connectivity index (χ0v) is 17.6. The third kappa shape index (κ3) is 4.59. The van der Waals surface area contributed by atoms with Crippen LogP contribution < -0.4 is 20.1 Å². The third-order valence-electron chi connectivity index (χ3n) is 5.25. The van der Waals surface area contributed by atoms with Crippen LogP contribution in [0.15, 0.2) is 47.5 Å². The summed E-state index contributed by atoms with van der Waals surface area (Å²) in [6, 6.07) is 9.15. The van der Waals surface area contributed by atoms with Crippen LogP contribution in [0.1, 0.15) is 23.6 Å². The number of fused-ring (bicyclic) bond motifs is 1. The number of nitrogens with zero attached hydrogens (tertiary/aromatic N) is 5. The van der Waals surface area contributed by atoms with Crippen molar-refractivity contribution < 1.29 is 22.6 Å². The van der Waals surface area contributed by atoms with Crippen molar-refractivity contribution in [1.82, 2.24) is 14.5 Å². The van der Waals surface area contributed by atoms with E-state index in [0.717, 1.165) is 12.3 Å². The van der Waals surface area contributed by atoms with Crippen molar-refractivity contribution >= 4 is 5.82 Å². The number of likely N-dealkylation sites (N-methyl/N-ethyl adjacent to an activating group) is 1. The van der Waals surface area contributed by atoms with E-state index in [1.807, 2.05) is 24.9 Å². The van der Waals surface area contributed by atoms with Gasteiger partial charge in [-0.05, 0) is 30.7 Å². The second-order valence-electron chi connectivity index (χ2n) is 7.55. The van der Waals surface area contributed by atoms with Crippen LogP contribution in [0.3, 0.4) is 0 Å². The summed E-state index contributed by atoms with van der Waals surface area (Å²) in [5.74, 6) is 0.785. The maximum atomic E-state index is 12.9. The fourth-order valence-corrected chi connectivity index (χ4v) is 3.38. The Balaban J connectivity index is 1.50. The number of alkyl halides is 3. The second-order valence-corrected chi connectivity index (χ2v) is 7.55. The van der Waals surface area contributed by atoms with Gasteiger partial charge in [-0.1, -0.05) is 6.07 Å². The molecule has 0 amide bonds. The molecule has 8 nitrogen and oxygen atoms in total. The molecule has 1 aromatic carbocycles. The Labute approximate surface area is 186 Å². The number of pyridine rings is 1. The van der Waals surface area contributed by atoms with Crippen LogP contribution in [0, 0.1) is 11.3 Å². The van der Waals surface area contributed by atoms with Crippen molar-refractivity contribution in [2.45, 2.75) is 32.3 Å². The molecule has 0 bridgehead atoms. The van der Waals surface area contributed by atoms with Gasteiger partial charge in [0.2, 0.25) is 5.88 Å². The van der Waals surface area contributed by atoms with E-state index in [2.05, 4.69) is 9.97 Å². The van der Waals surface area contributed by atoms with Crippen molar-refractivity contribution in [1.29, 1.82) is 5.26 Å². The summed E-state index contributed by atoms with van der Waals surface area (Å²) in [7, 11) is 1.88. The zero-order chi connectivity index (χ0) is 23.8. The fraction of sp³-hybridized carbons (Fsp3) is 0.273. The van der Waals surface area contributed by atoms with Crippen molar-refractivity contribution in [2.24, 2.45) is 0 Å². The van der Waals surface area contributed by atoms with Crippen LogP contribution in [0.25, 0.3) is 0 Å². The second kappa shape index (κ2) is 8.46. The summed E-state index contributed by atoms with van der Waals surface area (Å²) in [5.41, 5.74) is -0.676. The summed E-state index contributed by atoms with van der Waals surface area (Å²) >= 11 is 0. The summed E-state index contributed by atoms with van der Waals surface area (Å²) in [4.78, 5) is 21.7. The van der Waals surface area contributed by atoms with Gasteiger partial charge in [0.25, 0.3) is 0 Å². The van der Waals surface area contributed by atoms with E-state index in [1.165, 1.54) is 12.1 Å². The lowest BCUT2D eigenvalue weighted by Gasteiger charge is -2.16. The molecule has 0 N–H and O–H groups in total. The molecule has 1 aliphatic rings. The van der Waals surface area contributed by atoms with Crippen molar-refractivity contribution in [3.8, 4) is 23.4 Å². The molecule has 0 saturated heterocycles. The molecule has 0 unspecified atom stereocenters. The van der Waals surface area contributed by atoms with Crippen LogP contribution in [-0.2, 0) is 19.3 Å². The SMILES string of the molecule is C[C@@H]1Cn2c(cc(OCc3ccc(Oc4cncc(C(F)(F)F)c4)c(C#N)c3)nc2=O)N1C. The van der Waals surface area contributed by atoms with E-state index < -0.39 is 17.4 Å². The molecule has 1 aliphatic heterocycles. The van der Waals surface area contributed by atoms with Crippen LogP contribution in [0.4, 0.5) is 19.0 Å². The molecular formula is C22H18F3N5O3. The third-order valence-corrected chi connectivity index (χ3v) is 5.25. The van der Waals surface area contributed by atoms with E-state index in [0.29, 0.717) is 24.1 Å². The lowest BCUT2D eigenvalue weighted by molar-refractivity contribution is -0.137. The highest BCUT2D eigenvalue weighted by Gasteiger charge is 2.31. The molecule has 4 rings (SSSR count). The predicted molar refractivity (Wildman–Crippen MR) is 111 cm³/mol. The number of hydrogen-bond donors (Lipinski definition) is 0. The number of nitriles is 1. The molecule has 2 aromatic heterocycles. The number of ether oxygens (including phenoxy) is 2. The quantitative estimate of drug-likeness (QED) is 0.576. The van der Waals surface area contributed by atoms with Gasteiger partial charge in [0.05, 0.1) is 17.3 Å². The minimum absolute atomic E-state index is 0.0231. The number of aromatic nitrogens is 3. The van der Waals surface area contributed by atoms with Gasteiger partial charge in [-0.15, -0.1) is 0 Å². The van der Waals surface area contributed by atoms with Gasteiger partial charge in [0.15, 0.2) is 0 Å². The Kier molecular flexibility index (Phi) is 5.68. The predicted octanol–water partition coefficient (Wildman–Crippen LogP) is 3.74. The molecule has 33 heavy (non-hydrogen) atoms. The van der Waals surface area contributed by atoms with Gasteiger partial charge in [-0.3, -0.25) is 9.55 Å². The maximum Gasteiger partial charge on any atom is 0.418 e. The van der Waals surface area contributed by atoms with Gasteiger partial charge in [-0.2, -0.15) is 23.4 Å². The highest BCUT2D eigenvalue weighted by molar-refractivity contribution is 5.48. The van der Waals surface area contributed by atoms with E-state index in [9.17, 15) is 23.2 Å². The highest BCUT2D eigenvalue weighted by Crippen LogP contribution is 2.33. The lowest BCUT2D eigenvalue weighted by Crippen LogP contribution is -2.23. The van der Waals surface area contributed by atoms with Crippen molar-refractivity contribution in [2.75, 3.05) is 11.9 Å². The Hall–Kier alpha value is -4.07. The van der Waals surface area contributed by atoms with Gasteiger partial charge < -0.3 is 14.4 Å². The molecule has 1 atom stereocenters. The molecule has 0 aliphatic carbocycles. The Morgan fingerprint density at radius 1 is 1.24 bits per heavy atom. The van der Waals surface area contributed by atoms with E-state index in [4.69, 9.17) is 9.47 Å². The first kappa shape index (κ1) is 22.1. The Morgan fingerprint density at radius 2 is 2.03 bits per heavy atom. The molecule has 3 heterocycles. The van der Waals surface area contributed by atoms with Gasteiger partial charge in [0, 0.05) is 31.9 Å². The molecule has 170 valence electrons. The average Bonchev–Trinajstić information content (AvgIpc) is 3.07. The van der Waals surface area contributed by atoms with E-state index in [-0.39, 0.29) is 35.6 Å². The number of rotatable bonds is 5. The summed E-state index contributed by atoms with van der Waals surface area (Å²) in [6.07, 6.45) is -2.74. The largest absolute Gasteiger partial charge is 0.473 e. The average molecular weight is 457 g/mol. The normalized spacial score (nSPS) is 15.2. The number of anilines is 1. The zero-order valence-electron chi connectivity index (χ0n) is 17.6. The van der Waals surface area contributed by atoms with E-state index >= 15 is 0 Å². The first-order valence-electron chi connectivity index (χ1n) is 9.86. The minimum Gasteiger partial charge on any atom is -0.473 e. The highest BCUT2D eigenvalue weighted by atomic mass is 19.4. The monoisotopic (exact) mass is 457 g/mol. The Bertz CT molecular complexity index is 1300. The maximum absolute atomic E-state index is 12.9. The molecule has 3 aromatic rings. The van der Waals surface area contributed by atoms with Crippen molar-refractivity contribution in [3.05, 3.63) is 69.9 Å². The number of hydrogen-bond acceptors (Lipinski definition) is 7. The minimum atomic E-state index is -4.56. The summed E-state index contributed by atoms with van der Waals surface area (Å²) < 4.78 is 51.3. The standard InChI is InChI=1S/C22H18F3N5O3/c1-13-11-30-20(29(13)2)7-19(28-21(30)31)32-12-14-3-4-18(15(5-14)8-26)33-17-6-16(9-27-10-17)22(23,24)25/h3-7,9-10,13H,11-12H2,1-2H3/t13-/m1/s1. The van der Waals surface area contributed by atoms with Crippen LogP contribution in [0.2, 0.25) is 0 Å². The first-order valence-corrected chi connectivity index (χ1v) is 9.86. The lowest BCUT2D eigenvalue weighted by atomic mass is 10.1. The summed E-state index contributed by atoms with van der Waals surface area (Å²) in [5, 5.41) is 9.46. The first-order chi connectivity index (χ1) is 15.7. The molecular weight excluding hydrogens is 439 g/mol. The number of benzene rings is 1. The molecule has 0 fully saturated rings. The van der Waals surface area contributed by atoms with Crippen LogP contribution in [-0.4, -0.2) is 27.6 Å². The topological polar surface area (TPSA) is 93.3 Å². The van der Waals surface area contributed by atoms with Crippen molar-refractivity contribution in [3.63, 3.8) is 0 Å².